The first-order valence-corrected chi connectivity index (χ1v) is 7.47. The fraction of sp³-hybridized carbons (Fsp3) is 0.643. The van der Waals surface area contributed by atoms with Crippen LogP contribution in [-0.2, 0) is 19.5 Å². The van der Waals surface area contributed by atoms with Crippen molar-refractivity contribution in [2.45, 2.75) is 38.9 Å². The van der Waals surface area contributed by atoms with Crippen LogP contribution in [0.4, 0.5) is 0 Å². The Hall–Kier alpha value is -1.73. The average Bonchev–Trinajstić information content (AvgIpc) is 3.20. The van der Waals surface area contributed by atoms with Gasteiger partial charge in [0.1, 0.15) is 5.82 Å². The second-order valence-corrected chi connectivity index (χ2v) is 5.59. The molecular weight excluding hydrogens is 268 g/mol. The lowest BCUT2D eigenvalue weighted by Gasteiger charge is -2.23. The number of nitrogens with one attached hydrogen (secondary N) is 1. The molecule has 3 rings (SSSR count). The molecule has 1 saturated heterocycles. The fourth-order valence-electron chi connectivity index (χ4n) is 2.76. The van der Waals surface area contributed by atoms with E-state index in [4.69, 9.17) is 4.52 Å². The number of H-pyrrole nitrogens is 1. The molecule has 1 N–H and O–H groups in total. The highest BCUT2D eigenvalue weighted by molar-refractivity contribution is 4.92. The molecule has 1 aliphatic heterocycles. The number of likely N-dealkylation sites (tertiary alicyclic amines) is 1. The summed E-state index contributed by atoms with van der Waals surface area (Å²) in [4.78, 5) is 16.6. The van der Waals surface area contributed by atoms with Gasteiger partial charge in [0.25, 0.3) is 0 Å². The minimum Gasteiger partial charge on any atom is -0.348 e. The number of aromatic nitrogens is 4. The highest BCUT2D eigenvalue weighted by Crippen LogP contribution is 2.17. The van der Waals surface area contributed by atoms with Gasteiger partial charge in [0.15, 0.2) is 5.82 Å². The number of likely N-dealkylation sites (N-methyl/N-ethyl adjacent to an activating group) is 1. The summed E-state index contributed by atoms with van der Waals surface area (Å²) in [5.41, 5.74) is 0. The molecule has 0 bridgehead atoms. The lowest BCUT2D eigenvalue weighted by Crippen LogP contribution is -2.34. The van der Waals surface area contributed by atoms with Gasteiger partial charge in [-0.3, -0.25) is 9.80 Å². The molecule has 3 heterocycles. The Morgan fingerprint density at radius 3 is 3.14 bits per heavy atom. The van der Waals surface area contributed by atoms with E-state index in [1.165, 1.54) is 0 Å². The van der Waals surface area contributed by atoms with Gasteiger partial charge in [-0.15, -0.1) is 0 Å². The molecule has 0 aliphatic carbocycles. The molecule has 0 aromatic carbocycles. The van der Waals surface area contributed by atoms with E-state index in [0.717, 1.165) is 50.7 Å². The minimum absolute atomic E-state index is 0.531. The average molecular weight is 290 g/mol. The van der Waals surface area contributed by atoms with Crippen molar-refractivity contribution in [3.05, 3.63) is 29.9 Å². The van der Waals surface area contributed by atoms with E-state index in [-0.39, 0.29) is 0 Å². The molecule has 1 atom stereocenters. The smallest absolute Gasteiger partial charge is 0.226 e. The van der Waals surface area contributed by atoms with E-state index in [9.17, 15) is 0 Å². The Morgan fingerprint density at radius 1 is 1.52 bits per heavy atom. The number of imidazole rings is 1. The van der Waals surface area contributed by atoms with Crippen molar-refractivity contribution < 1.29 is 4.52 Å². The minimum atomic E-state index is 0.531. The molecule has 1 fully saturated rings. The maximum absolute atomic E-state index is 5.16. The number of hydrogen-bond acceptors (Lipinski definition) is 6. The van der Waals surface area contributed by atoms with Crippen molar-refractivity contribution in [1.29, 1.82) is 0 Å². The lowest BCUT2D eigenvalue weighted by molar-refractivity contribution is 0.214. The van der Waals surface area contributed by atoms with Crippen LogP contribution in [0.1, 0.15) is 30.9 Å². The molecule has 2 aromatic heterocycles. The molecule has 7 nitrogen and oxygen atoms in total. The van der Waals surface area contributed by atoms with E-state index in [1.54, 1.807) is 6.20 Å². The molecule has 7 heteroatoms. The van der Waals surface area contributed by atoms with Crippen LogP contribution in [0.25, 0.3) is 0 Å². The predicted octanol–water partition coefficient (Wildman–Crippen LogP) is 1.06. The normalized spacial score (nSPS) is 19.7. The van der Waals surface area contributed by atoms with Crippen molar-refractivity contribution in [2.24, 2.45) is 0 Å². The summed E-state index contributed by atoms with van der Waals surface area (Å²) in [5, 5.41) is 4.02. The topological polar surface area (TPSA) is 74.1 Å². The lowest BCUT2D eigenvalue weighted by atomic mass is 10.2. The van der Waals surface area contributed by atoms with Crippen LogP contribution in [0.15, 0.2) is 16.9 Å². The maximum atomic E-state index is 5.16. The van der Waals surface area contributed by atoms with E-state index in [2.05, 4.69) is 37.0 Å². The SMILES string of the molecule is CCc1nc(CN(C)C2CCN(Cc3ncc[nH]3)C2)no1. The summed E-state index contributed by atoms with van der Waals surface area (Å²) < 4.78 is 5.16. The first-order chi connectivity index (χ1) is 10.2. The van der Waals surface area contributed by atoms with Crippen molar-refractivity contribution in [1.82, 2.24) is 29.9 Å². The largest absolute Gasteiger partial charge is 0.348 e. The van der Waals surface area contributed by atoms with E-state index >= 15 is 0 Å². The predicted molar refractivity (Wildman–Crippen MR) is 77.4 cm³/mol. The Morgan fingerprint density at radius 2 is 2.43 bits per heavy atom. The first kappa shape index (κ1) is 14.2. The summed E-state index contributed by atoms with van der Waals surface area (Å²) in [6.07, 6.45) is 5.62. The van der Waals surface area contributed by atoms with Crippen LogP contribution >= 0.6 is 0 Å². The van der Waals surface area contributed by atoms with Gasteiger partial charge in [-0.25, -0.2) is 4.98 Å². The molecule has 0 radical (unpaired) electrons. The third kappa shape index (κ3) is 3.48. The number of nitrogens with zero attached hydrogens (tertiary/aromatic N) is 5. The summed E-state index contributed by atoms with van der Waals surface area (Å²) in [6, 6.07) is 0.531. The number of aryl methyl sites for hydroxylation is 1. The van der Waals surface area contributed by atoms with Crippen molar-refractivity contribution in [3.8, 4) is 0 Å². The van der Waals surface area contributed by atoms with Crippen LogP contribution < -0.4 is 0 Å². The zero-order valence-corrected chi connectivity index (χ0v) is 12.6. The first-order valence-electron chi connectivity index (χ1n) is 7.47. The second kappa shape index (κ2) is 6.36. The van der Waals surface area contributed by atoms with Crippen LogP contribution in [0.5, 0.6) is 0 Å². The summed E-state index contributed by atoms with van der Waals surface area (Å²) in [5.74, 6) is 2.52. The molecule has 2 aromatic rings. The summed E-state index contributed by atoms with van der Waals surface area (Å²) in [6.45, 7) is 5.80. The molecule has 114 valence electrons. The van der Waals surface area contributed by atoms with Crippen LogP contribution in [0.2, 0.25) is 0 Å². The number of rotatable bonds is 6. The standard InChI is InChI=1S/C14H22N6O/c1-3-14-17-13(18-21-14)9-19(2)11-4-7-20(8-11)10-12-15-5-6-16-12/h5-6,11H,3-4,7-10H2,1-2H3,(H,15,16). The number of hydrogen-bond donors (Lipinski definition) is 1. The number of aromatic amines is 1. The zero-order valence-electron chi connectivity index (χ0n) is 12.6. The van der Waals surface area contributed by atoms with Crippen molar-refractivity contribution in [2.75, 3.05) is 20.1 Å². The van der Waals surface area contributed by atoms with Crippen LogP contribution in [0, 0.1) is 0 Å². The van der Waals surface area contributed by atoms with Gasteiger partial charge in [-0.05, 0) is 13.5 Å². The molecule has 0 saturated carbocycles. The highest BCUT2D eigenvalue weighted by Gasteiger charge is 2.26. The quantitative estimate of drug-likeness (QED) is 0.857. The van der Waals surface area contributed by atoms with Gasteiger partial charge in [0.05, 0.1) is 13.1 Å². The van der Waals surface area contributed by atoms with Crippen LogP contribution in [-0.4, -0.2) is 56.1 Å². The molecule has 1 aliphatic rings. The molecule has 21 heavy (non-hydrogen) atoms. The van der Waals surface area contributed by atoms with Crippen molar-refractivity contribution in [3.63, 3.8) is 0 Å². The van der Waals surface area contributed by atoms with Gasteiger partial charge in [0.2, 0.25) is 5.89 Å². The molecule has 0 spiro atoms. The summed E-state index contributed by atoms with van der Waals surface area (Å²) in [7, 11) is 2.13. The monoisotopic (exact) mass is 290 g/mol. The Balaban J connectivity index is 1.50. The fourth-order valence-corrected chi connectivity index (χ4v) is 2.76. The summed E-state index contributed by atoms with van der Waals surface area (Å²) >= 11 is 0. The Bertz CT molecular complexity index is 552. The van der Waals surface area contributed by atoms with Crippen LogP contribution in [0.3, 0.4) is 0 Å². The third-order valence-electron chi connectivity index (χ3n) is 4.00. The Kier molecular flexibility index (Phi) is 4.31. The van der Waals surface area contributed by atoms with Gasteiger partial charge in [-0.1, -0.05) is 12.1 Å². The molecular formula is C14H22N6O. The van der Waals surface area contributed by atoms with Gasteiger partial charge in [-0.2, -0.15) is 4.98 Å². The Labute approximate surface area is 124 Å². The maximum Gasteiger partial charge on any atom is 0.226 e. The van der Waals surface area contributed by atoms with E-state index in [1.807, 2.05) is 13.1 Å². The van der Waals surface area contributed by atoms with Gasteiger partial charge >= 0.3 is 0 Å². The van der Waals surface area contributed by atoms with E-state index < -0.39 is 0 Å². The van der Waals surface area contributed by atoms with Crippen molar-refractivity contribution >= 4 is 0 Å². The second-order valence-electron chi connectivity index (χ2n) is 5.59. The van der Waals surface area contributed by atoms with Gasteiger partial charge in [0, 0.05) is 37.9 Å². The van der Waals surface area contributed by atoms with Gasteiger partial charge < -0.3 is 9.51 Å². The molecule has 0 amide bonds. The van der Waals surface area contributed by atoms with E-state index in [0.29, 0.717) is 11.9 Å². The zero-order chi connectivity index (χ0) is 14.7. The third-order valence-corrected chi connectivity index (χ3v) is 4.00. The molecule has 1 unspecified atom stereocenters. The highest BCUT2D eigenvalue weighted by atomic mass is 16.5.